The van der Waals surface area contributed by atoms with E-state index in [9.17, 15) is 0 Å². The predicted octanol–water partition coefficient (Wildman–Crippen LogP) is 2.80. The Hall–Kier alpha value is -0.800. The van der Waals surface area contributed by atoms with Gasteiger partial charge in [-0.15, -0.1) is 0 Å². The molecule has 0 aliphatic rings. The minimum atomic E-state index is 0.525. The number of pyridine rings is 1. The molecule has 0 atom stereocenters. The molecule has 90 valence electrons. The third-order valence-electron chi connectivity index (χ3n) is 2.45. The molecule has 1 heterocycles. The zero-order chi connectivity index (χ0) is 12.1. The van der Waals surface area contributed by atoms with Crippen LogP contribution in [0.2, 0.25) is 5.02 Å². The second kappa shape index (κ2) is 6.06. The summed E-state index contributed by atoms with van der Waals surface area (Å²) >= 11 is 6.06. The van der Waals surface area contributed by atoms with Crippen LogP contribution in [0.4, 0.5) is 5.82 Å². The molecule has 0 saturated carbocycles. The van der Waals surface area contributed by atoms with E-state index >= 15 is 0 Å². The maximum Gasteiger partial charge on any atom is 0.123 e. The lowest BCUT2D eigenvalue weighted by atomic mass is 10.1. The van der Waals surface area contributed by atoms with Crippen molar-refractivity contribution in [2.75, 3.05) is 19.3 Å². The third-order valence-corrected chi connectivity index (χ3v) is 2.79. The maximum absolute atomic E-state index is 6.06. The number of rotatable bonds is 5. The average Bonchev–Trinajstić information content (AvgIpc) is 2.20. The van der Waals surface area contributed by atoms with Crippen LogP contribution >= 0.6 is 11.6 Å². The molecule has 0 amide bonds. The summed E-state index contributed by atoms with van der Waals surface area (Å²) in [6.07, 6.45) is 1.18. The predicted molar refractivity (Wildman–Crippen MR) is 69.4 cm³/mol. The van der Waals surface area contributed by atoms with Gasteiger partial charge in [0, 0.05) is 6.54 Å². The second-order valence-corrected chi connectivity index (χ2v) is 4.99. The number of hydrogen-bond donors (Lipinski definition) is 1. The molecule has 0 radical (unpaired) electrons. The number of nitrogens with two attached hydrogens (primary N) is 1. The third kappa shape index (κ3) is 4.37. The smallest absolute Gasteiger partial charge is 0.123 e. The van der Waals surface area contributed by atoms with Crippen molar-refractivity contribution in [2.24, 2.45) is 5.92 Å². The molecule has 0 fully saturated rings. The van der Waals surface area contributed by atoms with Crippen molar-refractivity contribution in [2.45, 2.75) is 26.8 Å². The molecule has 0 aliphatic carbocycles. The van der Waals surface area contributed by atoms with E-state index in [4.69, 9.17) is 17.3 Å². The van der Waals surface area contributed by atoms with E-state index < -0.39 is 0 Å². The normalized spacial score (nSPS) is 11.4. The highest BCUT2D eigenvalue weighted by Gasteiger charge is 2.07. The average molecular weight is 242 g/mol. The van der Waals surface area contributed by atoms with Gasteiger partial charge in [0.15, 0.2) is 0 Å². The molecule has 4 heteroatoms. The van der Waals surface area contributed by atoms with Gasteiger partial charge in [-0.25, -0.2) is 4.98 Å². The van der Waals surface area contributed by atoms with Gasteiger partial charge >= 0.3 is 0 Å². The highest BCUT2D eigenvalue weighted by Crippen LogP contribution is 2.16. The first-order valence-electron chi connectivity index (χ1n) is 5.58. The zero-order valence-electron chi connectivity index (χ0n) is 10.2. The molecule has 0 unspecified atom stereocenters. The quantitative estimate of drug-likeness (QED) is 0.862. The largest absolute Gasteiger partial charge is 0.384 e. The molecule has 1 aromatic rings. The summed E-state index contributed by atoms with van der Waals surface area (Å²) in [5.74, 6) is 1.24. The molecule has 0 saturated heterocycles. The molecule has 0 spiro atoms. The van der Waals surface area contributed by atoms with Crippen molar-refractivity contribution in [1.29, 1.82) is 0 Å². The molecule has 0 bridgehead atoms. The molecule has 2 N–H and O–H groups in total. The van der Waals surface area contributed by atoms with Gasteiger partial charge in [-0.05, 0) is 38.1 Å². The lowest BCUT2D eigenvalue weighted by Gasteiger charge is -2.18. The highest BCUT2D eigenvalue weighted by molar-refractivity contribution is 6.31. The van der Waals surface area contributed by atoms with Crippen molar-refractivity contribution in [1.82, 2.24) is 9.88 Å². The van der Waals surface area contributed by atoms with Gasteiger partial charge in [-0.3, -0.25) is 0 Å². The molecule has 0 aromatic carbocycles. The van der Waals surface area contributed by atoms with Crippen LogP contribution in [0.25, 0.3) is 0 Å². The van der Waals surface area contributed by atoms with Crippen LogP contribution in [0.1, 0.15) is 26.0 Å². The summed E-state index contributed by atoms with van der Waals surface area (Å²) in [7, 11) is 2.07. The summed E-state index contributed by atoms with van der Waals surface area (Å²) in [5, 5.41) is 0.686. The standard InChI is InChI=1S/C12H20ClN3/c1-9(2)6-7-16(3)8-11-10(13)4-5-12(14)15-11/h4-5,9H,6-8H2,1-3H3,(H2,14,15). The van der Waals surface area contributed by atoms with Gasteiger partial charge in [0.1, 0.15) is 5.82 Å². The Kier molecular flexibility index (Phi) is 5.03. The molecule has 16 heavy (non-hydrogen) atoms. The van der Waals surface area contributed by atoms with Gasteiger partial charge in [-0.2, -0.15) is 0 Å². The van der Waals surface area contributed by atoms with E-state index in [1.807, 2.05) is 0 Å². The number of nitrogens with zero attached hydrogens (tertiary/aromatic N) is 2. The van der Waals surface area contributed by atoms with E-state index in [0.29, 0.717) is 16.8 Å². The fourth-order valence-corrected chi connectivity index (χ4v) is 1.59. The fourth-order valence-electron chi connectivity index (χ4n) is 1.43. The lowest BCUT2D eigenvalue weighted by molar-refractivity contribution is 0.300. The van der Waals surface area contributed by atoms with Gasteiger partial charge < -0.3 is 10.6 Å². The zero-order valence-corrected chi connectivity index (χ0v) is 11.0. The summed E-state index contributed by atoms with van der Waals surface area (Å²) in [6, 6.07) is 3.52. The molecule has 1 rings (SSSR count). The first-order chi connectivity index (χ1) is 7.49. The van der Waals surface area contributed by atoms with E-state index in [1.165, 1.54) is 6.42 Å². The van der Waals surface area contributed by atoms with Crippen LogP contribution in [0.5, 0.6) is 0 Å². The summed E-state index contributed by atoms with van der Waals surface area (Å²) in [5.41, 5.74) is 6.49. The van der Waals surface area contributed by atoms with Gasteiger partial charge in [-0.1, -0.05) is 25.4 Å². The number of aromatic nitrogens is 1. The number of halogens is 1. The minimum absolute atomic E-state index is 0.525. The Morgan fingerprint density at radius 2 is 2.12 bits per heavy atom. The second-order valence-electron chi connectivity index (χ2n) is 4.58. The van der Waals surface area contributed by atoms with Crippen LogP contribution in [-0.2, 0) is 6.54 Å². The minimum Gasteiger partial charge on any atom is -0.384 e. The van der Waals surface area contributed by atoms with Crippen LogP contribution in [0.15, 0.2) is 12.1 Å². The number of anilines is 1. The van der Waals surface area contributed by atoms with E-state index in [2.05, 4.69) is 30.8 Å². The SMILES string of the molecule is CC(C)CCN(C)Cc1nc(N)ccc1Cl. The highest BCUT2D eigenvalue weighted by atomic mass is 35.5. The van der Waals surface area contributed by atoms with Crippen LogP contribution in [0.3, 0.4) is 0 Å². The topological polar surface area (TPSA) is 42.2 Å². The summed E-state index contributed by atoms with van der Waals surface area (Å²) in [4.78, 5) is 6.46. The van der Waals surface area contributed by atoms with Crippen molar-refractivity contribution in [3.8, 4) is 0 Å². The Labute approximate surface area is 103 Å². The lowest BCUT2D eigenvalue weighted by Crippen LogP contribution is -2.21. The molecule has 3 nitrogen and oxygen atoms in total. The summed E-state index contributed by atoms with van der Waals surface area (Å²) in [6.45, 7) is 6.24. The van der Waals surface area contributed by atoms with Crippen molar-refractivity contribution in [3.63, 3.8) is 0 Å². The summed E-state index contributed by atoms with van der Waals surface area (Å²) < 4.78 is 0. The number of nitrogen functional groups attached to an aromatic ring is 1. The fraction of sp³-hybridized carbons (Fsp3) is 0.583. The van der Waals surface area contributed by atoms with Gasteiger partial charge in [0.2, 0.25) is 0 Å². The van der Waals surface area contributed by atoms with E-state index in [1.54, 1.807) is 12.1 Å². The van der Waals surface area contributed by atoms with E-state index in [-0.39, 0.29) is 0 Å². The maximum atomic E-state index is 6.06. The van der Waals surface area contributed by atoms with Gasteiger partial charge in [0.25, 0.3) is 0 Å². The molecular weight excluding hydrogens is 222 g/mol. The van der Waals surface area contributed by atoms with E-state index in [0.717, 1.165) is 18.8 Å². The first kappa shape index (κ1) is 13.3. The molecular formula is C12H20ClN3. The Bertz CT molecular complexity index is 339. The monoisotopic (exact) mass is 241 g/mol. The Morgan fingerprint density at radius 3 is 2.75 bits per heavy atom. The first-order valence-corrected chi connectivity index (χ1v) is 5.96. The van der Waals surface area contributed by atoms with Crippen LogP contribution < -0.4 is 5.73 Å². The Morgan fingerprint density at radius 1 is 1.44 bits per heavy atom. The van der Waals surface area contributed by atoms with Crippen LogP contribution in [0, 0.1) is 5.92 Å². The van der Waals surface area contributed by atoms with Crippen molar-refractivity contribution < 1.29 is 0 Å². The Balaban J connectivity index is 2.55. The van der Waals surface area contributed by atoms with Crippen molar-refractivity contribution in [3.05, 3.63) is 22.8 Å². The molecule has 0 aliphatic heterocycles. The van der Waals surface area contributed by atoms with Crippen LogP contribution in [-0.4, -0.2) is 23.5 Å². The van der Waals surface area contributed by atoms with Gasteiger partial charge in [0.05, 0.1) is 10.7 Å². The van der Waals surface area contributed by atoms with Crippen molar-refractivity contribution >= 4 is 17.4 Å². The number of hydrogen-bond acceptors (Lipinski definition) is 3. The molecule has 1 aromatic heterocycles.